The number of halogens is 1. The molecule has 0 radical (unpaired) electrons. The van der Waals surface area contributed by atoms with Gasteiger partial charge in [-0.15, -0.1) is 0 Å². The molecule has 21 heavy (non-hydrogen) atoms. The van der Waals surface area contributed by atoms with Crippen LogP contribution in [0, 0.1) is 31.0 Å². The maximum Gasteiger partial charge on any atom is 0.182 e. The largest absolute Gasteiger partial charge is 0.223 e. The smallest absolute Gasteiger partial charge is 0.182 e. The molecule has 2 rings (SSSR count). The molecule has 108 valence electrons. The van der Waals surface area contributed by atoms with Crippen LogP contribution in [0.4, 0.5) is 4.39 Å². The number of benzene rings is 2. The van der Waals surface area contributed by atoms with Gasteiger partial charge in [0.15, 0.2) is 9.84 Å². The van der Waals surface area contributed by atoms with Crippen LogP contribution in [0.2, 0.25) is 0 Å². The summed E-state index contributed by atoms with van der Waals surface area (Å²) < 4.78 is 38.7. The molecule has 0 atom stereocenters. The Morgan fingerprint density at radius 1 is 1.14 bits per heavy atom. The van der Waals surface area contributed by atoms with Gasteiger partial charge in [-0.3, -0.25) is 0 Å². The molecule has 0 saturated carbocycles. The first kappa shape index (κ1) is 15.2. The lowest BCUT2D eigenvalue weighted by Crippen LogP contribution is -2.08. The Hall–Kier alpha value is -2.19. The lowest BCUT2D eigenvalue weighted by Gasteiger charge is -2.09. The fourth-order valence-electron chi connectivity index (χ4n) is 2.06. The molecule has 0 bridgehead atoms. The minimum Gasteiger partial charge on any atom is -0.223 e. The number of aryl methyl sites for hydroxylation is 2. The Morgan fingerprint density at radius 3 is 2.48 bits per heavy atom. The number of nitrogens with zero attached hydrogens (tertiary/aromatic N) is 1. The average molecular weight is 303 g/mol. The third kappa shape index (κ3) is 3.29. The first-order valence-corrected chi connectivity index (χ1v) is 7.97. The zero-order valence-electron chi connectivity index (χ0n) is 11.7. The summed E-state index contributed by atoms with van der Waals surface area (Å²) >= 11 is 0. The summed E-state index contributed by atoms with van der Waals surface area (Å²) in [5, 5.41) is 8.70. The first-order chi connectivity index (χ1) is 9.83. The van der Waals surface area contributed by atoms with Crippen molar-refractivity contribution in [1.82, 2.24) is 0 Å². The Balaban J connectivity index is 2.43. The van der Waals surface area contributed by atoms with Gasteiger partial charge in [-0.1, -0.05) is 18.2 Å². The molecule has 0 aliphatic rings. The van der Waals surface area contributed by atoms with Crippen molar-refractivity contribution < 1.29 is 12.8 Å². The van der Waals surface area contributed by atoms with Gasteiger partial charge >= 0.3 is 0 Å². The topological polar surface area (TPSA) is 57.9 Å². The number of sulfone groups is 1. The molecule has 3 nitrogen and oxygen atoms in total. The van der Waals surface area contributed by atoms with Crippen LogP contribution in [0.15, 0.2) is 41.3 Å². The highest BCUT2D eigenvalue weighted by Crippen LogP contribution is 2.23. The minimum atomic E-state index is -3.63. The van der Waals surface area contributed by atoms with Crippen molar-refractivity contribution in [3.63, 3.8) is 0 Å². The molecule has 0 fully saturated rings. The maximum absolute atomic E-state index is 13.8. The van der Waals surface area contributed by atoms with Gasteiger partial charge in [0.2, 0.25) is 0 Å². The number of hydrogen-bond donors (Lipinski definition) is 0. The van der Waals surface area contributed by atoms with Gasteiger partial charge in [-0.05, 0) is 43.2 Å². The van der Waals surface area contributed by atoms with E-state index in [4.69, 9.17) is 5.26 Å². The summed E-state index contributed by atoms with van der Waals surface area (Å²) in [6.07, 6.45) is 0. The summed E-state index contributed by atoms with van der Waals surface area (Å²) in [7, 11) is -3.63. The average Bonchev–Trinajstić information content (AvgIpc) is 2.43. The fraction of sp³-hybridized carbons (Fsp3) is 0.188. The molecule has 0 amide bonds. The lowest BCUT2D eigenvalue weighted by molar-refractivity contribution is 0.586. The van der Waals surface area contributed by atoms with Crippen molar-refractivity contribution in [2.75, 3.05) is 0 Å². The number of rotatable bonds is 3. The van der Waals surface area contributed by atoms with Gasteiger partial charge in [0.25, 0.3) is 0 Å². The second kappa shape index (κ2) is 5.66. The van der Waals surface area contributed by atoms with Crippen LogP contribution in [0.3, 0.4) is 0 Å². The van der Waals surface area contributed by atoms with E-state index in [1.54, 1.807) is 26.0 Å². The molecular formula is C16H14FNO2S. The second-order valence-electron chi connectivity index (χ2n) is 4.95. The molecule has 0 aromatic heterocycles. The van der Waals surface area contributed by atoms with E-state index in [-0.39, 0.29) is 16.0 Å². The molecule has 0 aliphatic carbocycles. The maximum atomic E-state index is 13.8. The van der Waals surface area contributed by atoms with Crippen LogP contribution >= 0.6 is 0 Å². The minimum absolute atomic E-state index is 0.0647. The highest BCUT2D eigenvalue weighted by molar-refractivity contribution is 7.90. The van der Waals surface area contributed by atoms with Crippen LogP contribution in [-0.2, 0) is 15.6 Å². The molecule has 5 heteroatoms. The normalized spacial score (nSPS) is 11.1. The Labute approximate surface area is 123 Å². The first-order valence-electron chi connectivity index (χ1n) is 6.32. The zero-order valence-corrected chi connectivity index (χ0v) is 12.5. The highest BCUT2D eigenvalue weighted by Gasteiger charge is 2.20. The van der Waals surface area contributed by atoms with Crippen LogP contribution in [-0.4, -0.2) is 8.42 Å². The summed E-state index contributed by atoms with van der Waals surface area (Å²) in [4.78, 5) is 0.214. The molecule has 0 saturated heterocycles. The SMILES string of the molecule is Cc1ccc(C)c(S(=O)(=O)Cc2ccc(C#N)cc2F)c1. The van der Waals surface area contributed by atoms with Crippen LogP contribution in [0.25, 0.3) is 0 Å². The molecule has 2 aromatic rings. The number of hydrogen-bond acceptors (Lipinski definition) is 3. The summed E-state index contributed by atoms with van der Waals surface area (Å²) in [5.41, 5.74) is 1.70. The molecule has 2 aromatic carbocycles. The fourth-order valence-corrected chi connectivity index (χ4v) is 3.78. The molecule has 0 aliphatic heterocycles. The Morgan fingerprint density at radius 2 is 1.86 bits per heavy atom. The monoisotopic (exact) mass is 303 g/mol. The van der Waals surface area contributed by atoms with E-state index in [0.29, 0.717) is 5.56 Å². The van der Waals surface area contributed by atoms with Crippen LogP contribution < -0.4 is 0 Å². The van der Waals surface area contributed by atoms with E-state index in [0.717, 1.165) is 11.6 Å². The van der Waals surface area contributed by atoms with E-state index in [2.05, 4.69) is 0 Å². The van der Waals surface area contributed by atoms with Gasteiger partial charge in [-0.25, -0.2) is 12.8 Å². The van der Waals surface area contributed by atoms with Crippen molar-refractivity contribution in [3.8, 4) is 6.07 Å². The van der Waals surface area contributed by atoms with Crippen molar-refractivity contribution in [1.29, 1.82) is 5.26 Å². The van der Waals surface area contributed by atoms with E-state index in [9.17, 15) is 12.8 Å². The summed E-state index contributed by atoms with van der Waals surface area (Å²) in [5.74, 6) is -1.10. The lowest BCUT2D eigenvalue weighted by atomic mass is 10.1. The highest BCUT2D eigenvalue weighted by atomic mass is 32.2. The molecular weight excluding hydrogens is 289 g/mol. The Kier molecular flexibility index (Phi) is 4.10. The predicted molar refractivity (Wildman–Crippen MR) is 77.9 cm³/mol. The van der Waals surface area contributed by atoms with E-state index in [1.165, 1.54) is 12.1 Å². The van der Waals surface area contributed by atoms with Crippen LogP contribution in [0.5, 0.6) is 0 Å². The third-order valence-corrected chi connectivity index (χ3v) is 5.01. The van der Waals surface area contributed by atoms with Crippen molar-refractivity contribution >= 4 is 9.84 Å². The van der Waals surface area contributed by atoms with Crippen molar-refractivity contribution in [3.05, 3.63) is 64.5 Å². The van der Waals surface area contributed by atoms with Gasteiger partial charge in [0.1, 0.15) is 5.82 Å². The number of nitriles is 1. The summed E-state index contributed by atoms with van der Waals surface area (Å²) in [6.45, 7) is 3.52. The van der Waals surface area contributed by atoms with Gasteiger partial charge in [-0.2, -0.15) is 5.26 Å². The third-order valence-electron chi connectivity index (χ3n) is 3.21. The van der Waals surface area contributed by atoms with Gasteiger partial charge in [0, 0.05) is 5.56 Å². The van der Waals surface area contributed by atoms with Crippen molar-refractivity contribution in [2.45, 2.75) is 24.5 Å². The quantitative estimate of drug-likeness (QED) is 0.874. The molecule has 0 heterocycles. The van der Waals surface area contributed by atoms with E-state index < -0.39 is 21.4 Å². The summed E-state index contributed by atoms with van der Waals surface area (Å²) in [6, 6.07) is 10.8. The van der Waals surface area contributed by atoms with Gasteiger partial charge < -0.3 is 0 Å². The van der Waals surface area contributed by atoms with Crippen molar-refractivity contribution in [2.24, 2.45) is 0 Å². The van der Waals surface area contributed by atoms with E-state index in [1.807, 2.05) is 12.1 Å². The molecule has 0 unspecified atom stereocenters. The second-order valence-corrected chi connectivity index (χ2v) is 6.90. The Bertz CT molecular complexity index is 836. The van der Waals surface area contributed by atoms with Crippen LogP contribution in [0.1, 0.15) is 22.3 Å². The standard InChI is InChI=1S/C16H14FNO2S/c1-11-3-4-12(2)16(7-11)21(19,20)10-14-6-5-13(9-18)8-15(14)17/h3-8H,10H2,1-2H3. The van der Waals surface area contributed by atoms with Gasteiger partial charge in [0.05, 0.1) is 22.3 Å². The zero-order chi connectivity index (χ0) is 15.6. The predicted octanol–water partition coefficient (Wildman–Crippen LogP) is 3.29. The molecule has 0 N–H and O–H groups in total. The molecule has 0 spiro atoms. The van der Waals surface area contributed by atoms with E-state index >= 15 is 0 Å².